The summed E-state index contributed by atoms with van der Waals surface area (Å²) < 4.78 is 0. The summed E-state index contributed by atoms with van der Waals surface area (Å²) in [5, 5.41) is 8.75. The van der Waals surface area contributed by atoms with Crippen LogP contribution < -0.4 is 21.7 Å². The number of imide groups is 2. The minimum Gasteiger partial charge on any atom is -0.384 e. The minimum absolute atomic E-state index is 0.105. The third kappa shape index (κ3) is 4.63. The molecule has 3 rings (SSSR count). The molecule has 1 aromatic carbocycles. The van der Waals surface area contributed by atoms with Crippen LogP contribution in [0.3, 0.4) is 0 Å². The lowest BCUT2D eigenvalue weighted by atomic mass is 10.0. The molecule has 29 heavy (non-hydrogen) atoms. The molecule has 4 amide bonds. The largest absolute Gasteiger partial charge is 0.384 e. The number of nitrogens with zero attached hydrogens (tertiary/aromatic N) is 1. The van der Waals surface area contributed by atoms with Gasteiger partial charge < -0.3 is 16.4 Å². The van der Waals surface area contributed by atoms with Gasteiger partial charge in [-0.25, -0.2) is 0 Å². The maximum atomic E-state index is 13.0. The Hall–Kier alpha value is -2.78. The van der Waals surface area contributed by atoms with Gasteiger partial charge in [-0.1, -0.05) is 6.07 Å². The van der Waals surface area contributed by atoms with E-state index in [1.807, 2.05) is 0 Å². The van der Waals surface area contributed by atoms with E-state index in [1.54, 1.807) is 18.2 Å². The maximum Gasteiger partial charge on any atom is 0.264 e. The number of hydrogen-bond acceptors (Lipinski definition) is 7. The van der Waals surface area contributed by atoms with Crippen LogP contribution in [0.2, 0.25) is 0 Å². The normalized spacial score (nSPS) is 18.8. The van der Waals surface area contributed by atoms with Crippen LogP contribution in [0.5, 0.6) is 0 Å². The highest BCUT2D eigenvalue weighted by molar-refractivity contribution is 6.25. The molecule has 1 aromatic rings. The monoisotopic (exact) mass is 401 g/mol. The summed E-state index contributed by atoms with van der Waals surface area (Å²) in [7, 11) is 0. The molecule has 0 bridgehead atoms. The van der Waals surface area contributed by atoms with Gasteiger partial charge in [0.15, 0.2) is 0 Å². The van der Waals surface area contributed by atoms with E-state index < -0.39 is 23.8 Å². The maximum absolute atomic E-state index is 13.0. The molecule has 1 atom stereocenters. The van der Waals surface area contributed by atoms with Crippen molar-refractivity contribution in [3.8, 4) is 0 Å². The molecule has 1 unspecified atom stereocenters. The number of fused-ring (bicyclic) bond motifs is 1. The van der Waals surface area contributed by atoms with Crippen molar-refractivity contribution in [2.45, 2.75) is 38.1 Å². The van der Waals surface area contributed by atoms with Crippen LogP contribution in [0.1, 0.15) is 52.8 Å². The average molecular weight is 401 g/mol. The first-order chi connectivity index (χ1) is 14.0. The van der Waals surface area contributed by atoms with E-state index in [-0.39, 0.29) is 24.3 Å². The fourth-order valence-electron chi connectivity index (χ4n) is 3.61. The minimum atomic E-state index is -0.951. The van der Waals surface area contributed by atoms with E-state index in [2.05, 4.69) is 16.0 Å². The van der Waals surface area contributed by atoms with Crippen molar-refractivity contribution < 1.29 is 19.2 Å². The van der Waals surface area contributed by atoms with Crippen LogP contribution in [-0.2, 0) is 9.59 Å². The molecule has 156 valence electrons. The SMILES string of the molecule is NCCCNCCCCNc1cccc2c1C(=O)N(C1CCC(=O)NC1=O)C2=O. The lowest BCUT2D eigenvalue weighted by Crippen LogP contribution is -2.54. The summed E-state index contributed by atoms with van der Waals surface area (Å²) in [5.74, 6) is -1.98. The first kappa shape index (κ1) is 20.9. The van der Waals surface area contributed by atoms with Crippen LogP contribution in [0.15, 0.2) is 18.2 Å². The third-order valence-electron chi connectivity index (χ3n) is 5.12. The van der Waals surface area contributed by atoms with Crippen LogP contribution >= 0.6 is 0 Å². The first-order valence-electron chi connectivity index (χ1n) is 10.0. The molecular weight excluding hydrogens is 374 g/mol. The van der Waals surface area contributed by atoms with E-state index in [0.29, 0.717) is 24.3 Å². The molecule has 9 nitrogen and oxygen atoms in total. The second-order valence-electron chi connectivity index (χ2n) is 7.20. The number of carbonyl (C=O) groups is 4. The van der Waals surface area contributed by atoms with Gasteiger partial charge in [-0.2, -0.15) is 0 Å². The number of piperidine rings is 1. The fourth-order valence-corrected chi connectivity index (χ4v) is 3.61. The zero-order chi connectivity index (χ0) is 20.8. The van der Waals surface area contributed by atoms with E-state index in [1.165, 1.54) is 0 Å². The molecule has 2 heterocycles. The van der Waals surface area contributed by atoms with Gasteiger partial charge in [0.25, 0.3) is 11.8 Å². The number of nitrogens with two attached hydrogens (primary N) is 1. The third-order valence-corrected chi connectivity index (χ3v) is 5.12. The smallest absolute Gasteiger partial charge is 0.264 e. The van der Waals surface area contributed by atoms with Gasteiger partial charge in [0, 0.05) is 18.7 Å². The predicted octanol–water partition coefficient (Wildman–Crippen LogP) is 0.218. The van der Waals surface area contributed by atoms with Crippen LogP contribution in [-0.4, -0.2) is 60.7 Å². The quantitative estimate of drug-likeness (QED) is 0.325. The Balaban J connectivity index is 1.61. The van der Waals surface area contributed by atoms with Crippen molar-refractivity contribution in [1.29, 1.82) is 0 Å². The molecule has 0 aliphatic carbocycles. The number of anilines is 1. The second kappa shape index (κ2) is 9.62. The number of nitrogens with one attached hydrogen (secondary N) is 3. The van der Waals surface area contributed by atoms with Crippen molar-refractivity contribution in [3.63, 3.8) is 0 Å². The molecule has 0 spiro atoms. The molecule has 1 fully saturated rings. The van der Waals surface area contributed by atoms with Crippen molar-refractivity contribution in [1.82, 2.24) is 15.5 Å². The van der Waals surface area contributed by atoms with Crippen LogP contribution in [0.4, 0.5) is 5.69 Å². The van der Waals surface area contributed by atoms with Crippen molar-refractivity contribution >= 4 is 29.3 Å². The van der Waals surface area contributed by atoms with Gasteiger partial charge in [0.2, 0.25) is 11.8 Å². The zero-order valence-corrected chi connectivity index (χ0v) is 16.3. The second-order valence-corrected chi connectivity index (χ2v) is 7.20. The predicted molar refractivity (Wildman–Crippen MR) is 107 cm³/mol. The number of unbranched alkanes of at least 4 members (excludes halogenated alkanes) is 1. The Kier molecular flexibility index (Phi) is 6.95. The summed E-state index contributed by atoms with van der Waals surface area (Å²) in [4.78, 5) is 50.3. The Morgan fingerprint density at radius 1 is 1.03 bits per heavy atom. The highest BCUT2D eigenvalue weighted by atomic mass is 16.2. The zero-order valence-electron chi connectivity index (χ0n) is 16.3. The molecule has 1 saturated heterocycles. The summed E-state index contributed by atoms with van der Waals surface area (Å²) in [6.45, 7) is 3.14. The van der Waals surface area contributed by atoms with Gasteiger partial charge in [-0.05, 0) is 57.5 Å². The molecule has 0 radical (unpaired) electrons. The molecule has 2 aliphatic heterocycles. The summed E-state index contributed by atoms with van der Waals surface area (Å²) in [5.41, 5.74) is 6.62. The lowest BCUT2D eigenvalue weighted by Gasteiger charge is -2.27. The number of carbonyl (C=O) groups excluding carboxylic acids is 4. The highest BCUT2D eigenvalue weighted by Crippen LogP contribution is 2.32. The average Bonchev–Trinajstić information content (AvgIpc) is 2.95. The van der Waals surface area contributed by atoms with Gasteiger partial charge in [0.05, 0.1) is 11.1 Å². The molecule has 2 aliphatic rings. The van der Waals surface area contributed by atoms with E-state index in [9.17, 15) is 19.2 Å². The van der Waals surface area contributed by atoms with E-state index >= 15 is 0 Å². The van der Waals surface area contributed by atoms with Gasteiger partial charge in [-0.15, -0.1) is 0 Å². The standard InChI is InChI=1S/C20H27N5O4/c21-9-4-11-22-10-1-2-12-23-14-6-3-5-13-17(14)20(29)25(19(13)28)15-7-8-16(26)24-18(15)27/h3,5-6,15,22-23H,1-2,4,7-12,21H2,(H,24,26,27). The van der Waals surface area contributed by atoms with Crippen LogP contribution in [0.25, 0.3) is 0 Å². The number of hydrogen-bond donors (Lipinski definition) is 4. The summed E-state index contributed by atoms with van der Waals surface area (Å²) in [6, 6.07) is 4.12. The molecule has 9 heteroatoms. The molecule has 0 saturated carbocycles. The fraction of sp³-hybridized carbons (Fsp3) is 0.500. The Morgan fingerprint density at radius 3 is 2.55 bits per heavy atom. The molecular formula is C20H27N5O4. The molecule has 5 N–H and O–H groups in total. The summed E-state index contributed by atoms with van der Waals surface area (Å²) in [6.07, 6.45) is 3.08. The highest BCUT2D eigenvalue weighted by Gasteiger charge is 2.45. The van der Waals surface area contributed by atoms with Crippen molar-refractivity contribution in [2.24, 2.45) is 5.73 Å². The van der Waals surface area contributed by atoms with E-state index in [0.717, 1.165) is 37.3 Å². The Morgan fingerprint density at radius 2 is 1.79 bits per heavy atom. The van der Waals surface area contributed by atoms with E-state index in [4.69, 9.17) is 5.73 Å². The summed E-state index contributed by atoms with van der Waals surface area (Å²) >= 11 is 0. The van der Waals surface area contributed by atoms with Crippen molar-refractivity contribution in [2.75, 3.05) is 31.5 Å². The topological polar surface area (TPSA) is 134 Å². The number of rotatable bonds is 10. The number of amides is 4. The molecule has 0 aromatic heterocycles. The lowest BCUT2D eigenvalue weighted by molar-refractivity contribution is -0.136. The first-order valence-corrected chi connectivity index (χ1v) is 10.0. The Bertz CT molecular complexity index is 810. The van der Waals surface area contributed by atoms with Gasteiger partial charge in [0.1, 0.15) is 6.04 Å². The van der Waals surface area contributed by atoms with Crippen LogP contribution in [0, 0.1) is 0 Å². The van der Waals surface area contributed by atoms with Gasteiger partial charge >= 0.3 is 0 Å². The van der Waals surface area contributed by atoms with Gasteiger partial charge in [-0.3, -0.25) is 29.4 Å². The Labute approximate surface area is 169 Å². The number of benzene rings is 1. The van der Waals surface area contributed by atoms with Crippen molar-refractivity contribution in [3.05, 3.63) is 29.3 Å².